The fourth-order valence-corrected chi connectivity index (χ4v) is 1.70. The van der Waals surface area contributed by atoms with Crippen molar-refractivity contribution in [1.29, 1.82) is 0 Å². The quantitative estimate of drug-likeness (QED) is 0.462. The SMILES string of the molecule is CCCCCN(C)c1ncc(C(=O)O)cc1[N+](=O)[O-]. The third-order valence-corrected chi connectivity index (χ3v) is 2.75. The van der Waals surface area contributed by atoms with Gasteiger partial charge in [0.15, 0.2) is 0 Å². The zero-order chi connectivity index (χ0) is 14.4. The molecule has 1 rings (SSSR count). The number of unbranched alkanes of at least 4 members (excludes halogenated alkanes) is 2. The van der Waals surface area contributed by atoms with E-state index in [1.807, 2.05) is 0 Å². The van der Waals surface area contributed by atoms with Crippen LogP contribution in [0.15, 0.2) is 12.3 Å². The van der Waals surface area contributed by atoms with Crippen molar-refractivity contribution in [1.82, 2.24) is 4.98 Å². The van der Waals surface area contributed by atoms with E-state index in [9.17, 15) is 14.9 Å². The molecule has 104 valence electrons. The Morgan fingerprint density at radius 3 is 2.74 bits per heavy atom. The summed E-state index contributed by atoms with van der Waals surface area (Å²) in [4.78, 5) is 26.7. The van der Waals surface area contributed by atoms with Crippen molar-refractivity contribution < 1.29 is 14.8 Å². The normalized spacial score (nSPS) is 10.2. The van der Waals surface area contributed by atoms with Crippen LogP contribution in [0.3, 0.4) is 0 Å². The summed E-state index contributed by atoms with van der Waals surface area (Å²) in [6, 6.07) is 1.04. The third kappa shape index (κ3) is 3.90. The van der Waals surface area contributed by atoms with Gasteiger partial charge in [0.05, 0.1) is 10.5 Å². The van der Waals surface area contributed by atoms with Gasteiger partial charge in [-0.05, 0) is 6.42 Å². The van der Waals surface area contributed by atoms with Crippen LogP contribution < -0.4 is 4.90 Å². The van der Waals surface area contributed by atoms with Gasteiger partial charge in [-0.25, -0.2) is 9.78 Å². The number of hydrogen-bond acceptors (Lipinski definition) is 5. The molecule has 7 nitrogen and oxygen atoms in total. The smallest absolute Gasteiger partial charge is 0.337 e. The number of carbonyl (C=O) groups is 1. The van der Waals surface area contributed by atoms with E-state index in [0.29, 0.717) is 6.54 Å². The molecule has 0 aliphatic carbocycles. The maximum absolute atomic E-state index is 11.0. The second-order valence-corrected chi connectivity index (χ2v) is 4.26. The Morgan fingerprint density at radius 2 is 2.21 bits per heavy atom. The van der Waals surface area contributed by atoms with Crippen molar-refractivity contribution in [2.45, 2.75) is 26.2 Å². The number of carboxylic acid groups (broad SMARTS) is 1. The lowest BCUT2D eigenvalue weighted by Crippen LogP contribution is -2.21. The molecule has 0 amide bonds. The van der Waals surface area contributed by atoms with Crippen LogP contribution in [-0.4, -0.2) is 34.6 Å². The van der Waals surface area contributed by atoms with E-state index >= 15 is 0 Å². The summed E-state index contributed by atoms with van der Waals surface area (Å²) in [7, 11) is 1.71. The predicted octanol–water partition coefficient (Wildman–Crippen LogP) is 2.31. The first-order valence-corrected chi connectivity index (χ1v) is 6.06. The van der Waals surface area contributed by atoms with Gasteiger partial charge in [0, 0.05) is 25.9 Å². The highest BCUT2D eigenvalue weighted by Crippen LogP contribution is 2.26. The number of aromatic nitrogens is 1. The van der Waals surface area contributed by atoms with E-state index in [-0.39, 0.29) is 17.1 Å². The highest BCUT2D eigenvalue weighted by Gasteiger charge is 2.21. The molecule has 1 heterocycles. The summed E-state index contributed by atoms with van der Waals surface area (Å²) in [6.07, 6.45) is 4.14. The maximum Gasteiger partial charge on any atom is 0.337 e. The van der Waals surface area contributed by atoms with E-state index in [1.54, 1.807) is 11.9 Å². The summed E-state index contributed by atoms with van der Waals surface area (Å²) < 4.78 is 0. The van der Waals surface area contributed by atoms with E-state index in [4.69, 9.17) is 5.11 Å². The summed E-state index contributed by atoms with van der Waals surface area (Å²) in [6.45, 7) is 2.72. The van der Waals surface area contributed by atoms with Gasteiger partial charge in [0.1, 0.15) is 0 Å². The Balaban J connectivity index is 2.99. The fourth-order valence-electron chi connectivity index (χ4n) is 1.70. The first-order chi connectivity index (χ1) is 8.97. The molecule has 0 saturated carbocycles. The Morgan fingerprint density at radius 1 is 1.53 bits per heavy atom. The molecule has 0 radical (unpaired) electrons. The minimum Gasteiger partial charge on any atom is -0.478 e. The average Bonchev–Trinajstić information content (AvgIpc) is 2.38. The van der Waals surface area contributed by atoms with Gasteiger partial charge in [0.25, 0.3) is 0 Å². The van der Waals surface area contributed by atoms with Crippen molar-refractivity contribution >= 4 is 17.5 Å². The Hall–Kier alpha value is -2.18. The lowest BCUT2D eigenvalue weighted by molar-refractivity contribution is -0.384. The number of carboxylic acids is 1. The highest BCUT2D eigenvalue weighted by atomic mass is 16.6. The third-order valence-electron chi connectivity index (χ3n) is 2.75. The molecule has 0 aliphatic rings. The number of nitro groups is 1. The zero-order valence-corrected chi connectivity index (χ0v) is 11.0. The monoisotopic (exact) mass is 267 g/mol. The first kappa shape index (κ1) is 14.9. The lowest BCUT2D eigenvalue weighted by Gasteiger charge is -2.17. The van der Waals surface area contributed by atoms with Gasteiger partial charge in [0.2, 0.25) is 5.82 Å². The molecule has 0 spiro atoms. The van der Waals surface area contributed by atoms with E-state index < -0.39 is 10.9 Å². The molecular weight excluding hydrogens is 250 g/mol. The number of pyridine rings is 1. The van der Waals surface area contributed by atoms with Gasteiger partial charge >= 0.3 is 11.7 Å². The summed E-state index contributed by atoms with van der Waals surface area (Å²) in [5.41, 5.74) is -0.462. The summed E-state index contributed by atoms with van der Waals surface area (Å²) >= 11 is 0. The maximum atomic E-state index is 11.0. The standard InChI is InChI=1S/C12H17N3O4/c1-3-4-5-6-14(2)11-10(15(18)19)7-9(8-13-11)12(16)17/h7-8H,3-6H2,1-2H3,(H,16,17). The van der Waals surface area contributed by atoms with Gasteiger partial charge < -0.3 is 10.0 Å². The molecule has 19 heavy (non-hydrogen) atoms. The van der Waals surface area contributed by atoms with Gasteiger partial charge in [-0.3, -0.25) is 10.1 Å². The van der Waals surface area contributed by atoms with Crippen LogP contribution in [-0.2, 0) is 0 Å². The molecular formula is C12H17N3O4. The number of aromatic carboxylic acids is 1. The van der Waals surface area contributed by atoms with Gasteiger partial charge in [-0.2, -0.15) is 0 Å². The van der Waals surface area contributed by atoms with Crippen molar-refractivity contribution in [2.24, 2.45) is 0 Å². The lowest BCUT2D eigenvalue weighted by atomic mass is 10.2. The highest BCUT2D eigenvalue weighted by molar-refractivity contribution is 5.88. The Labute approximate surface area is 111 Å². The Bertz CT molecular complexity index is 476. The molecule has 0 saturated heterocycles. The molecule has 0 atom stereocenters. The molecule has 0 aromatic carbocycles. The molecule has 0 aliphatic heterocycles. The van der Waals surface area contributed by atoms with Crippen molar-refractivity contribution in [2.75, 3.05) is 18.5 Å². The van der Waals surface area contributed by atoms with Crippen molar-refractivity contribution in [3.63, 3.8) is 0 Å². The molecule has 1 N–H and O–H groups in total. The molecule has 1 aromatic rings. The number of hydrogen-bond donors (Lipinski definition) is 1. The van der Waals surface area contributed by atoms with Crippen LogP contribution in [0.4, 0.5) is 11.5 Å². The fraction of sp³-hybridized carbons (Fsp3) is 0.500. The largest absolute Gasteiger partial charge is 0.478 e. The second-order valence-electron chi connectivity index (χ2n) is 4.26. The molecule has 0 bridgehead atoms. The minimum absolute atomic E-state index is 0.183. The Kier molecular flexibility index (Phi) is 5.23. The topological polar surface area (TPSA) is 96.6 Å². The average molecular weight is 267 g/mol. The minimum atomic E-state index is -1.23. The summed E-state index contributed by atoms with van der Waals surface area (Å²) in [5, 5.41) is 19.8. The van der Waals surface area contributed by atoms with Crippen LogP contribution in [0.25, 0.3) is 0 Å². The first-order valence-electron chi connectivity index (χ1n) is 6.06. The zero-order valence-electron chi connectivity index (χ0n) is 11.0. The predicted molar refractivity (Wildman–Crippen MR) is 70.6 cm³/mol. The van der Waals surface area contributed by atoms with Crippen LogP contribution in [0.1, 0.15) is 36.5 Å². The van der Waals surface area contributed by atoms with Crippen molar-refractivity contribution in [3.05, 3.63) is 27.9 Å². The van der Waals surface area contributed by atoms with E-state index in [0.717, 1.165) is 31.5 Å². The van der Waals surface area contributed by atoms with Crippen LogP contribution in [0.2, 0.25) is 0 Å². The number of rotatable bonds is 7. The van der Waals surface area contributed by atoms with E-state index in [1.165, 1.54) is 0 Å². The second kappa shape index (κ2) is 6.67. The van der Waals surface area contributed by atoms with Crippen LogP contribution in [0.5, 0.6) is 0 Å². The molecule has 1 aromatic heterocycles. The number of anilines is 1. The number of nitrogens with zero attached hydrogens (tertiary/aromatic N) is 3. The van der Waals surface area contributed by atoms with Gasteiger partial charge in [-0.15, -0.1) is 0 Å². The molecule has 0 fully saturated rings. The van der Waals surface area contributed by atoms with Crippen molar-refractivity contribution in [3.8, 4) is 0 Å². The molecule has 0 unspecified atom stereocenters. The summed E-state index contributed by atoms with van der Waals surface area (Å²) in [5.74, 6) is -1.03. The molecule has 7 heteroatoms. The van der Waals surface area contributed by atoms with Gasteiger partial charge in [-0.1, -0.05) is 19.8 Å². The van der Waals surface area contributed by atoms with Crippen LogP contribution in [0, 0.1) is 10.1 Å². The van der Waals surface area contributed by atoms with E-state index in [2.05, 4.69) is 11.9 Å². The van der Waals surface area contributed by atoms with Crippen LogP contribution >= 0.6 is 0 Å².